The second-order valence-corrected chi connectivity index (χ2v) is 3.95. The SMILES string of the molecule is C/C=C\C(=C/C)CSc1cccc(F)n1.CC. The van der Waals surface area contributed by atoms with E-state index in [1.165, 1.54) is 23.4 Å². The number of aromatic nitrogens is 1. The number of hydrogen-bond donors (Lipinski definition) is 0. The second-order valence-electron chi connectivity index (χ2n) is 2.95. The summed E-state index contributed by atoms with van der Waals surface area (Å²) in [5.41, 5.74) is 1.22. The van der Waals surface area contributed by atoms with E-state index in [4.69, 9.17) is 0 Å². The quantitative estimate of drug-likeness (QED) is 0.432. The number of allylic oxidation sites excluding steroid dienone is 3. The Morgan fingerprint density at radius 3 is 2.59 bits per heavy atom. The van der Waals surface area contributed by atoms with Gasteiger partial charge in [-0.05, 0) is 31.6 Å². The van der Waals surface area contributed by atoms with Crippen molar-refractivity contribution in [3.05, 3.63) is 47.9 Å². The third kappa shape index (κ3) is 6.95. The molecule has 0 aromatic carbocycles. The molecule has 0 amide bonds. The summed E-state index contributed by atoms with van der Waals surface area (Å²) in [6, 6.07) is 4.85. The maximum absolute atomic E-state index is 12.8. The molecule has 0 aliphatic carbocycles. The van der Waals surface area contributed by atoms with Gasteiger partial charge in [-0.15, -0.1) is 11.8 Å². The Morgan fingerprint density at radius 2 is 2.06 bits per heavy atom. The predicted octanol–water partition coefficient (Wildman–Crippen LogP) is 4.86. The highest BCUT2D eigenvalue weighted by Gasteiger charge is 1.98. The molecular formula is C14H20FNS. The van der Waals surface area contributed by atoms with Crippen LogP contribution in [-0.2, 0) is 0 Å². The standard InChI is InChI=1S/C12H14FNS.C2H6/c1-3-6-10(4-2)9-15-12-8-5-7-11(13)14-12;1-2/h3-8H,9H2,1-2H3;1-2H3/b6-3-,10-4+;. The van der Waals surface area contributed by atoms with Crippen LogP contribution >= 0.6 is 11.8 Å². The molecule has 1 rings (SSSR count). The lowest BCUT2D eigenvalue weighted by Gasteiger charge is -2.01. The van der Waals surface area contributed by atoms with Crippen LogP contribution in [0.25, 0.3) is 0 Å². The fourth-order valence-corrected chi connectivity index (χ4v) is 1.97. The number of hydrogen-bond acceptors (Lipinski definition) is 2. The Morgan fingerprint density at radius 1 is 1.35 bits per heavy atom. The molecule has 0 spiro atoms. The molecule has 0 radical (unpaired) electrons. The molecular weight excluding hydrogens is 233 g/mol. The minimum Gasteiger partial charge on any atom is -0.213 e. The summed E-state index contributed by atoms with van der Waals surface area (Å²) in [6.45, 7) is 7.98. The predicted molar refractivity (Wildman–Crippen MR) is 74.8 cm³/mol. The van der Waals surface area contributed by atoms with E-state index in [9.17, 15) is 4.39 Å². The third-order valence-electron chi connectivity index (χ3n) is 1.83. The monoisotopic (exact) mass is 253 g/mol. The van der Waals surface area contributed by atoms with Crippen molar-refractivity contribution in [1.29, 1.82) is 0 Å². The average molecular weight is 253 g/mol. The maximum atomic E-state index is 12.8. The molecule has 0 bridgehead atoms. The van der Waals surface area contributed by atoms with E-state index >= 15 is 0 Å². The van der Waals surface area contributed by atoms with Crippen LogP contribution in [0.2, 0.25) is 0 Å². The normalized spacial score (nSPS) is 11.2. The highest BCUT2D eigenvalue weighted by Crippen LogP contribution is 2.18. The molecule has 0 unspecified atom stereocenters. The van der Waals surface area contributed by atoms with E-state index in [2.05, 4.69) is 4.98 Å². The number of halogens is 1. The molecule has 1 nitrogen and oxygen atoms in total. The van der Waals surface area contributed by atoms with E-state index in [0.29, 0.717) is 0 Å². The molecule has 0 fully saturated rings. The molecule has 0 aliphatic heterocycles. The lowest BCUT2D eigenvalue weighted by molar-refractivity contribution is 0.572. The van der Waals surface area contributed by atoms with Crippen LogP contribution in [-0.4, -0.2) is 10.7 Å². The number of pyridine rings is 1. The van der Waals surface area contributed by atoms with Crippen molar-refractivity contribution < 1.29 is 4.39 Å². The first-order valence-electron chi connectivity index (χ1n) is 5.79. The maximum Gasteiger partial charge on any atom is 0.213 e. The fraction of sp³-hybridized carbons (Fsp3) is 0.357. The van der Waals surface area contributed by atoms with Crippen molar-refractivity contribution in [2.24, 2.45) is 0 Å². The third-order valence-corrected chi connectivity index (χ3v) is 2.83. The molecule has 17 heavy (non-hydrogen) atoms. The van der Waals surface area contributed by atoms with E-state index < -0.39 is 5.95 Å². The van der Waals surface area contributed by atoms with Gasteiger partial charge in [0.25, 0.3) is 0 Å². The molecule has 0 aliphatic rings. The van der Waals surface area contributed by atoms with Gasteiger partial charge in [0.15, 0.2) is 0 Å². The first-order valence-corrected chi connectivity index (χ1v) is 6.78. The van der Waals surface area contributed by atoms with Gasteiger partial charge in [0.2, 0.25) is 5.95 Å². The highest BCUT2D eigenvalue weighted by atomic mass is 32.2. The number of thioether (sulfide) groups is 1. The molecule has 0 saturated carbocycles. The van der Waals surface area contributed by atoms with E-state index in [1.807, 2.05) is 52.0 Å². The fourth-order valence-electron chi connectivity index (χ4n) is 1.07. The van der Waals surface area contributed by atoms with Gasteiger partial charge in [0.05, 0.1) is 5.03 Å². The molecule has 0 atom stereocenters. The van der Waals surface area contributed by atoms with Crippen molar-refractivity contribution in [2.75, 3.05) is 5.75 Å². The zero-order valence-electron chi connectivity index (χ0n) is 10.9. The van der Waals surface area contributed by atoms with Crippen LogP contribution in [0, 0.1) is 5.95 Å². The second kappa shape index (κ2) is 10.1. The van der Waals surface area contributed by atoms with Gasteiger partial charge >= 0.3 is 0 Å². The van der Waals surface area contributed by atoms with Crippen LogP contribution in [0.4, 0.5) is 4.39 Å². The van der Waals surface area contributed by atoms with Crippen molar-refractivity contribution >= 4 is 11.8 Å². The van der Waals surface area contributed by atoms with Crippen LogP contribution in [0.5, 0.6) is 0 Å². The van der Waals surface area contributed by atoms with Gasteiger partial charge in [0.1, 0.15) is 0 Å². The Bertz CT molecular complexity index is 372. The molecule has 1 heterocycles. The first-order chi connectivity index (χ1) is 8.26. The smallest absolute Gasteiger partial charge is 0.213 e. The lowest BCUT2D eigenvalue weighted by Crippen LogP contribution is -1.88. The molecule has 0 saturated heterocycles. The zero-order valence-corrected chi connectivity index (χ0v) is 11.7. The Kier molecular flexibility index (Phi) is 9.44. The summed E-state index contributed by atoms with van der Waals surface area (Å²) in [5.74, 6) is 0.394. The van der Waals surface area contributed by atoms with Gasteiger partial charge in [0, 0.05) is 5.75 Å². The average Bonchev–Trinajstić information content (AvgIpc) is 2.37. The summed E-state index contributed by atoms with van der Waals surface area (Å²) >= 11 is 1.54. The van der Waals surface area contributed by atoms with Crippen LogP contribution < -0.4 is 0 Å². The lowest BCUT2D eigenvalue weighted by atomic mass is 10.3. The van der Waals surface area contributed by atoms with Crippen molar-refractivity contribution in [3.63, 3.8) is 0 Å². The van der Waals surface area contributed by atoms with E-state index in [0.717, 1.165) is 10.8 Å². The largest absolute Gasteiger partial charge is 0.213 e. The van der Waals surface area contributed by atoms with Gasteiger partial charge in [-0.25, -0.2) is 4.98 Å². The summed E-state index contributed by atoms with van der Waals surface area (Å²) in [4.78, 5) is 3.78. The first kappa shape index (κ1) is 15.9. The Hall–Kier alpha value is -1.09. The van der Waals surface area contributed by atoms with Crippen LogP contribution in [0.15, 0.2) is 47.0 Å². The van der Waals surface area contributed by atoms with E-state index in [-0.39, 0.29) is 0 Å². The van der Waals surface area contributed by atoms with Gasteiger partial charge < -0.3 is 0 Å². The molecule has 0 N–H and O–H groups in total. The Labute approximate surface area is 108 Å². The van der Waals surface area contributed by atoms with Crippen LogP contribution in [0.3, 0.4) is 0 Å². The summed E-state index contributed by atoms with van der Waals surface area (Å²) in [5, 5.41) is 0.721. The van der Waals surface area contributed by atoms with Crippen molar-refractivity contribution in [1.82, 2.24) is 4.98 Å². The Balaban J connectivity index is 0.00000121. The zero-order chi connectivity index (χ0) is 13.1. The molecule has 94 valence electrons. The van der Waals surface area contributed by atoms with Crippen molar-refractivity contribution in [2.45, 2.75) is 32.7 Å². The van der Waals surface area contributed by atoms with Gasteiger partial charge in [-0.1, -0.05) is 38.1 Å². The van der Waals surface area contributed by atoms with Crippen molar-refractivity contribution in [3.8, 4) is 0 Å². The van der Waals surface area contributed by atoms with Gasteiger partial charge in [-0.2, -0.15) is 4.39 Å². The highest BCUT2D eigenvalue weighted by molar-refractivity contribution is 7.99. The topological polar surface area (TPSA) is 12.9 Å². The van der Waals surface area contributed by atoms with Crippen LogP contribution in [0.1, 0.15) is 27.7 Å². The molecule has 1 aromatic rings. The minimum absolute atomic E-state index is 0.423. The van der Waals surface area contributed by atoms with E-state index in [1.54, 1.807) is 6.07 Å². The van der Waals surface area contributed by atoms with Gasteiger partial charge in [-0.3, -0.25) is 0 Å². The summed E-state index contributed by atoms with van der Waals surface area (Å²) in [6.07, 6.45) is 6.09. The number of nitrogens with zero attached hydrogens (tertiary/aromatic N) is 1. The minimum atomic E-state index is -0.423. The number of rotatable bonds is 4. The summed E-state index contributed by atoms with van der Waals surface area (Å²) in [7, 11) is 0. The molecule has 1 aromatic heterocycles. The summed E-state index contributed by atoms with van der Waals surface area (Å²) < 4.78 is 12.8. The molecule has 3 heteroatoms.